The normalized spacial score (nSPS) is 16.6. The van der Waals surface area contributed by atoms with Crippen molar-refractivity contribution < 1.29 is 18.3 Å². The van der Waals surface area contributed by atoms with Gasteiger partial charge < -0.3 is 14.5 Å². The van der Waals surface area contributed by atoms with Gasteiger partial charge in [0.15, 0.2) is 11.3 Å². The molecule has 0 radical (unpaired) electrons. The number of hydrogen-bond donors (Lipinski definition) is 1. The van der Waals surface area contributed by atoms with Crippen molar-refractivity contribution in [2.45, 2.75) is 37.6 Å². The van der Waals surface area contributed by atoms with Crippen LogP contribution >= 0.6 is 0 Å². The van der Waals surface area contributed by atoms with Gasteiger partial charge >= 0.3 is 0 Å². The molecule has 5 heteroatoms. The smallest absolute Gasteiger partial charge is 0.231 e. The number of para-hydroxylation sites is 1. The fraction of sp³-hybridized carbons (Fsp3) is 0.318. The largest absolute Gasteiger partial charge is 0.493 e. The number of fused-ring (bicyclic) bond motifs is 1. The van der Waals surface area contributed by atoms with Gasteiger partial charge in [-0.2, -0.15) is 0 Å². The van der Waals surface area contributed by atoms with Gasteiger partial charge in [0.1, 0.15) is 11.6 Å². The Bertz CT molecular complexity index is 990. The summed E-state index contributed by atoms with van der Waals surface area (Å²) in [5, 5.41) is 3.98. The number of carbonyl (C=O) groups is 1. The average Bonchev–Trinajstić information content (AvgIpc) is 3.05. The minimum Gasteiger partial charge on any atom is -0.493 e. The van der Waals surface area contributed by atoms with Crippen LogP contribution in [0.15, 0.2) is 52.9 Å². The molecule has 1 heterocycles. The lowest BCUT2D eigenvalue weighted by atomic mass is 9.63. The minimum absolute atomic E-state index is 0.0840. The molecule has 2 aromatic carbocycles. The van der Waals surface area contributed by atoms with E-state index in [1.807, 2.05) is 37.3 Å². The molecule has 1 fully saturated rings. The summed E-state index contributed by atoms with van der Waals surface area (Å²) >= 11 is 0. The Balaban J connectivity index is 1.59. The minimum atomic E-state index is -0.653. The Morgan fingerprint density at radius 2 is 2.00 bits per heavy atom. The van der Waals surface area contributed by atoms with Crippen LogP contribution in [0.2, 0.25) is 0 Å². The molecule has 140 valence electrons. The Hall–Kier alpha value is -2.82. The molecule has 1 aliphatic rings. The SMILES string of the molecule is COc1cccc2cc(C(C)NC(=O)C3(c4cccc(F)c4)CCC3)oc12. The van der Waals surface area contributed by atoms with E-state index in [1.54, 1.807) is 13.2 Å². The third kappa shape index (κ3) is 2.97. The van der Waals surface area contributed by atoms with Gasteiger partial charge in [-0.3, -0.25) is 4.79 Å². The van der Waals surface area contributed by atoms with Gasteiger partial charge in [0, 0.05) is 5.39 Å². The van der Waals surface area contributed by atoms with E-state index in [4.69, 9.17) is 9.15 Å². The van der Waals surface area contributed by atoms with Crippen LogP contribution in [0.3, 0.4) is 0 Å². The zero-order valence-electron chi connectivity index (χ0n) is 15.4. The number of carbonyl (C=O) groups excluding carboxylic acids is 1. The van der Waals surface area contributed by atoms with Crippen molar-refractivity contribution in [3.63, 3.8) is 0 Å². The van der Waals surface area contributed by atoms with Gasteiger partial charge in [-0.1, -0.05) is 30.7 Å². The highest BCUT2D eigenvalue weighted by atomic mass is 19.1. The second-order valence-corrected chi connectivity index (χ2v) is 7.17. The van der Waals surface area contributed by atoms with Crippen molar-refractivity contribution in [3.8, 4) is 5.75 Å². The summed E-state index contributed by atoms with van der Waals surface area (Å²) in [4.78, 5) is 13.1. The fourth-order valence-corrected chi connectivity index (χ4v) is 3.80. The number of rotatable bonds is 5. The van der Waals surface area contributed by atoms with Crippen LogP contribution in [0, 0.1) is 5.82 Å². The summed E-state index contributed by atoms with van der Waals surface area (Å²) in [7, 11) is 1.60. The standard InChI is InChI=1S/C22H22FNO3/c1-14(19-12-15-6-3-9-18(26-2)20(15)27-19)24-21(25)22(10-5-11-22)16-7-4-8-17(23)13-16/h3-4,6-9,12-14H,5,10-11H2,1-2H3,(H,24,25). The predicted octanol–water partition coefficient (Wildman–Crippen LogP) is 4.88. The van der Waals surface area contributed by atoms with Gasteiger partial charge in [-0.25, -0.2) is 4.39 Å². The van der Waals surface area contributed by atoms with Gasteiger partial charge in [0.2, 0.25) is 5.91 Å². The van der Waals surface area contributed by atoms with Crippen molar-refractivity contribution >= 4 is 16.9 Å². The molecule has 1 aromatic heterocycles. The first-order valence-corrected chi connectivity index (χ1v) is 9.17. The highest BCUT2D eigenvalue weighted by Crippen LogP contribution is 2.44. The molecule has 4 rings (SSSR count). The molecule has 4 nitrogen and oxygen atoms in total. The summed E-state index contributed by atoms with van der Waals surface area (Å²) < 4.78 is 25.0. The summed E-state index contributed by atoms with van der Waals surface area (Å²) in [5.74, 6) is 0.923. The maximum absolute atomic E-state index is 13.7. The fourth-order valence-electron chi connectivity index (χ4n) is 3.80. The van der Waals surface area contributed by atoms with E-state index >= 15 is 0 Å². The molecule has 3 aromatic rings. The Morgan fingerprint density at radius 3 is 2.67 bits per heavy atom. The number of nitrogens with one attached hydrogen (secondary N) is 1. The lowest BCUT2D eigenvalue weighted by Gasteiger charge is -2.41. The number of halogens is 1. The topological polar surface area (TPSA) is 51.5 Å². The van der Waals surface area contributed by atoms with Crippen LogP contribution in [-0.4, -0.2) is 13.0 Å². The average molecular weight is 367 g/mol. The van der Waals surface area contributed by atoms with E-state index < -0.39 is 5.41 Å². The molecule has 0 spiro atoms. The molecular weight excluding hydrogens is 345 g/mol. The molecule has 0 aliphatic heterocycles. The first-order chi connectivity index (χ1) is 13.0. The second kappa shape index (κ2) is 6.72. The van der Waals surface area contributed by atoms with E-state index in [-0.39, 0.29) is 17.8 Å². The van der Waals surface area contributed by atoms with Gasteiger partial charge in [0.05, 0.1) is 18.6 Å². The summed E-state index contributed by atoms with van der Waals surface area (Å²) in [6, 6.07) is 13.7. The van der Waals surface area contributed by atoms with Crippen LogP contribution in [0.4, 0.5) is 4.39 Å². The zero-order valence-corrected chi connectivity index (χ0v) is 15.4. The Kier molecular flexibility index (Phi) is 4.38. The number of benzene rings is 2. The third-order valence-electron chi connectivity index (χ3n) is 5.54. The van der Waals surface area contributed by atoms with E-state index in [9.17, 15) is 9.18 Å². The van der Waals surface area contributed by atoms with Crippen LogP contribution in [0.1, 0.15) is 43.6 Å². The number of hydrogen-bond acceptors (Lipinski definition) is 3. The van der Waals surface area contributed by atoms with E-state index in [0.717, 1.165) is 30.2 Å². The van der Waals surface area contributed by atoms with Crippen molar-refractivity contribution in [3.05, 3.63) is 65.7 Å². The van der Waals surface area contributed by atoms with Gasteiger partial charge in [0.25, 0.3) is 0 Å². The molecule has 1 N–H and O–H groups in total. The molecule has 1 saturated carbocycles. The van der Waals surface area contributed by atoms with Gasteiger partial charge in [-0.05, 0) is 49.6 Å². The predicted molar refractivity (Wildman–Crippen MR) is 101 cm³/mol. The Labute approximate surface area is 157 Å². The lowest BCUT2D eigenvalue weighted by Crippen LogP contribution is -2.49. The Morgan fingerprint density at radius 1 is 1.22 bits per heavy atom. The summed E-state index contributed by atoms with van der Waals surface area (Å²) in [6.45, 7) is 1.89. The molecule has 1 amide bonds. The van der Waals surface area contributed by atoms with E-state index in [2.05, 4.69) is 5.32 Å². The molecule has 27 heavy (non-hydrogen) atoms. The molecule has 0 saturated heterocycles. The van der Waals surface area contributed by atoms with Crippen molar-refractivity contribution in [1.29, 1.82) is 0 Å². The summed E-state index contributed by atoms with van der Waals surface area (Å²) in [6.07, 6.45) is 2.41. The van der Waals surface area contributed by atoms with Crippen LogP contribution in [0.25, 0.3) is 11.0 Å². The first-order valence-electron chi connectivity index (χ1n) is 9.17. The van der Waals surface area contributed by atoms with Crippen molar-refractivity contribution in [1.82, 2.24) is 5.32 Å². The van der Waals surface area contributed by atoms with E-state index in [1.165, 1.54) is 12.1 Å². The summed E-state index contributed by atoms with van der Waals surface area (Å²) in [5.41, 5.74) is 0.754. The molecular formula is C22H22FNO3. The third-order valence-corrected chi connectivity index (χ3v) is 5.54. The number of amides is 1. The van der Waals surface area contributed by atoms with Crippen molar-refractivity contribution in [2.75, 3.05) is 7.11 Å². The monoisotopic (exact) mass is 367 g/mol. The van der Waals surface area contributed by atoms with E-state index in [0.29, 0.717) is 17.1 Å². The second-order valence-electron chi connectivity index (χ2n) is 7.17. The quantitative estimate of drug-likeness (QED) is 0.699. The van der Waals surface area contributed by atoms with Crippen LogP contribution < -0.4 is 10.1 Å². The molecule has 1 unspecified atom stereocenters. The number of methoxy groups -OCH3 is 1. The number of ether oxygens (including phenoxy) is 1. The van der Waals surface area contributed by atoms with Crippen LogP contribution in [-0.2, 0) is 10.2 Å². The highest BCUT2D eigenvalue weighted by Gasteiger charge is 2.46. The maximum Gasteiger partial charge on any atom is 0.231 e. The molecule has 1 atom stereocenters. The molecule has 1 aliphatic carbocycles. The van der Waals surface area contributed by atoms with Gasteiger partial charge in [-0.15, -0.1) is 0 Å². The maximum atomic E-state index is 13.7. The number of furan rings is 1. The lowest BCUT2D eigenvalue weighted by molar-refractivity contribution is -0.130. The highest BCUT2D eigenvalue weighted by molar-refractivity contribution is 5.90. The molecule has 0 bridgehead atoms. The first kappa shape index (κ1) is 17.6. The van der Waals surface area contributed by atoms with Crippen LogP contribution in [0.5, 0.6) is 5.75 Å². The van der Waals surface area contributed by atoms with Crippen molar-refractivity contribution in [2.24, 2.45) is 0 Å². The zero-order chi connectivity index (χ0) is 19.0.